The highest BCUT2D eigenvalue weighted by atomic mass is 16.5. The number of hydrogen-bond acceptors (Lipinski definition) is 7. The monoisotopic (exact) mass is 627 g/mol. The Kier molecular flexibility index (Phi) is 7.62. The molecule has 6 aromatic rings. The van der Waals surface area contributed by atoms with E-state index in [1.807, 2.05) is 12.3 Å². The number of ether oxygens (including phenoxy) is 2. The molecule has 2 N–H and O–H groups in total. The van der Waals surface area contributed by atoms with Gasteiger partial charge in [0.1, 0.15) is 0 Å². The molecular weight excluding hydrogens is 590 g/mol. The molecule has 9 nitrogen and oxygen atoms in total. The number of fused-ring (bicyclic) bond motifs is 9. The van der Waals surface area contributed by atoms with Crippen molar-refractivity contribution in [2.45, 2.75) is 59.8 Å². The number of methoxy groups -OCH3 is 2. The minimum absolute atomic E-state index is 0.248. The molecule has 0 spiro atoms. The molecule has 47 heavy (non-hydrogen) atoms. The highest BCUT2D eigenvalue weighted by molar-refractivity contribution is 6.21. The van der Waals surface area contributed by atoms with Gasteiger partial charge in [0.2, 0.25) is 0 Å². The summed E-state index contributed by atoms with van der Waals surface area (Å²) in [6.07, 6.45) is 4.17. The molecule has 0 atom stereocenters. The van der Waals surface area contributed by atoms with Gasteiger partial charge in [-0.3, -0.25) is 14.6 Å². The predicted molar refractivity (Wildman–Crippen MR) is 187 cm³/mol. The molecule has 5 aromatic heterocycles. The summed E-state index contributed by atoms with van der Waals surface area (Å²) in [7, 11) is 2.82. The number of carbonyl (C=O) groups is 2. The summed E-state index contributed by atoms with van der Waals surface area (Å²) in [5.41, 5.74) is 14.5. The molecule has 9 heteroatoms. The smallest absolute Gasteiger partial charge is 0.305 e. The zero-order valence-electron chi connectivity index (χ0n) is 27.6. The molecule has 7 rings (SSSR count). The second kappa shape index (κ2) is 11.8. The highest BCUT2D eigenvalue weighted by Gasteiger charge is 2.21. The van der Waals surface area contributed by atoms with Gasteiger partial charge in [0, 0.05) is 57.3 Å². The van der Waals surface area contributed by atoms with E-state index in [0.29, 0.717) is 12.8 Å². The molecule has 238 valence electrons. The Labute approximate surface area is 271 Å². The predicted octanol–water partition coefficient (Wildman–Crippen LogP) is 7.90. The van der Waals surface area contributed by atoms with E-state index in [-0.39, 0.29) is 24.8 Å². The minimum Gasteiger partial charge on any atom is -0.469 e. The molecule has 0 saturated carbocycles. The van der Waals surface area contributed by atoms with Crippen molar-refractivity contribution in [3.05, 3.63) is 76.2 Å². The summed E-state index contributed by atoms with van der Waals surface area (Å²) >= 11 is 0. The van der Waals surface area contributed by atoms with Crippen molar-refractivity contribution in [1.82, 2.24) is 24.9 Å². The number of pyridine rings is 1. The van der Waals surface area contributed by atoms with Crippen LogP contribution in [0, 0.1) is 13.8 Å². The molecule has 0 unspecified atom stereocenters. The van der Waals surface area contributed by atoms with Gasteiger partial charge in [0.15, 0.2) is 0 Å². The van der Waals surface area contributed by atoms with Crippen molar-refractivity contribution in [2.75, 3.05) is 14.2 Å². The average Bonchev–Trinajstić information content (AvgIpc) is 3.77. The van der Waals surface area contributed by atoms with Crippen molar-refractivity contribution >= 4 is 77.9 Å². The number of rotatable bonds is 7. The van der Waals surface area contributed by atoms with Gasteiger partial charge in [0.25, 0.3) is 0 Å². The van der Waals surface area contributed by atoms with Crippen molar-refractivity contribution < 1.29 is 19.1 Å². The Bertz CT molecular complexity index is 2400. The van der Waals surface area contributed by atoms with Crippen LogP contribution in [0.15, 0.2) is 42.6 Å². The molecule has 0 fully saturated rings. The van der Waals surface area contributed by atoms with Gasteiger partial charge in [0.05, 0.1) is 42.2 Å². The maximum atomic E-state index is 12.3. The lowest BCUT2D eigenvalue weighted by Gasteiger charge is -2.04. The first-order chi connectivity index (χ1) is 22.7. The number of aryl methyl sites for hydroxylation is 4. The van der Waals surface area contributed by atoms with E-state index < -0.39 is 0 Å². The maximum absolute atomic E-state index is 12.3. The largest absolute Gasteiger partial charge is 0.469 e. The third kappa shape index (κ3) is 5.06. The number of aromatic amines is 2. The third-order valence-electron chi connectivity index (χ3n) is 9.72. The SMILES string of the molecule is CCC1=C(C)c2cc3[nH]c(cc4[nH]c(cc5nc6c(ccc7nccc5c76)c1n2)c(C)c4CCC(=O)OC)c(CCC(=O)OC)c3C. The third-order valence-corrected chi connectivity index (χ3v) is 9.72. The lowest BCUT2D eigenvalue weighted by molar-refractivity contribution is -0.141. The van der Waals surface area contributed by atoms with Crippen LogP contribution >= 0.6 is 0 Å². The number of nitrogens with zero attached hydrogens (tertiary/aromatic N) is 3. The van der Waals surface area contributed by atoms with Crippen molar-refractivity contribution in [2.24, 2.45) is 0 Å². The molecule has 0 amide bonds. The van der Waals surface area contributed by atoms with Crippen LogP contribution in [-0.2, 0) is 31.9 Å². The summed E-state index contributed by atoms with van der Waals surface area (Å²) in [6.45, 7) is 8.44. The lowest BCUT2D eigenvalue weighted by atomic mass is 10.00. The number of esters is 2. The number of hydrogen-bond donors (Lipinski definition) is 2. The molecule has 1 aromatic carbocycles. The second-order valence-corrected chi connectivity index (χ2v) is 12.2. The normalized spacial score (nSPS) is 12.6. The molecule has 1 aliphatic rings. The molecule has 0 aliphatic carbocycles. The number of benzene rings is 1. The summed E-state index contributed by atoms with van der Waals surface area (Å²) in [4.78, 5) is 47.0. The summed E-state index contributed by atoms with van der Waals surface area (Å²) in [6, 6.07) is 12.5. The van der Waals surface area contributed by atoms with Gasteiger partial charge in [-0.05, 0) is 110 Å². The standard InChI is InChI=1S/C38H37N5O4/c1-7-22-19(2)30-16-28-20(3)23(9-12-34(44)46-5)31(40-28)18-32-24(10-13-35(45)47-6)21(4)29(41-32)17-33-25-14-15-39-27-11-8-26(37(22)42-30)38(43-33)36(25)27/h8,11,14-18,40-41H,7,9-10,12-13H2,1-6H3. The first-order valence-corrected chi connectivity index (χ1v) is 16.0. The molecule has 0 saturated heterocycles. The Morgan fingerprint density at radius 1 is 0.745 bits per heavy atom. The quantitative estimate of drug-likeness (QED) is 0.173. The van der Waals surface area contributed by atoms with E-state index in [0.717, 1.165) is 100 Å². The Morgan fingerprint density at radius 2 is 1.38 bits per heavy atom. The van der Waals surface area contributed by atoms with E-state index in [1.54, 1.807) is 0 Å². The minimum atomic E-state index is -0.266. The Morgan fingerprint density at radius 3 is 2.00 bits per heavy atom. The van der Waals surface area contributed by atoms with E-state index in [1.165, 1.54) is 19.8 Å². The molecule has 1 aliphatic heterocycles. The summed E-state index contributed by atoms with van der Waals surface area (Å²) in [5.74, 6) is -0.528. The van der Waals surface area contributed by atoms with Crippen LogP contribution in [0.3, 0.4) is 0 Å². The van der Waals surface area contributed by atoms with Crippen molar-refractivity contribution in [3.8, 4) is 0 Å². The number of allylic oxidation sites excluding steroid dienone is 2. The van der Waals surface area contributed by atoms with Crippen LogP contribution in [0.4, 0.5) is 0 Å². The van der Waals surface area contributed by atoms with Crippen molar-refractivity contribution in [3.63, 3.8) is 0 Å². The molecule has 6 heterocycles. The van der Waals surface area contributed by atoms with Crippen LogP contribution < -0.4 is 0 Å². The Balaban J connectivity index is 1.65. The summed E-state index contributed by atoms with van der Waals surface area (Å²) < 4.78 is 9.97. The van der Waals surface area contributed by atoms with Crippen molar-refractivity contribution in [1.29, 1.82) is 0 Å². The van der Waals surface area contributed by atoms with Gasteiger partial charge in [-0.1, -0.05) is 6.92 Å². The molecular formula is C38H37N5O4. The summed E-state index contributed by atoms with van der Waals surface area (Å²) in [5, 5.41) is 3.03. The topological polar surface area (TPSA) is 123 Å². The second-order valence-electron chi connectivity index (χ2n) is 12.2. The molecule has 0 radical (unpaired) electrons. The zero-order chi connectivity index (χ0) is 33.0. The number of H-pyrrole nitrogens is 2. The average molecular weight is 628 g/mol. The van der Waals surface area contributed by atoms with E-state index in [9.17, 15) is 9.59 Å². The van der Waals surface area contributed by atoms with Crippen LogP contribution in [0.1, 0.15) is 66.8 Å². The number of nitrogens with one attached hydrogen (secondary N) is 2. The lowest BCUT2D eigenvalue weighted by Crippen LogP contribution is -2.02. The van der Waals surface area contributed by atoms with Gasteiger partial charge >= 0.3 is 11.9 Å². The first-order valence-electron chi connectivity index (χ1n) is 16.0. The number of carbonyl (C=O) groups excluding carboxylic acids is 2. The Hall–Kier alpha value is -5.31. The van der Waals surface area contributed by atoms with Crippen LogP contribution in [-0.4, -0.2) is 51.1 Å². The van der Waals surface area contributed by atoms with E-state index in [2.05, 4.69) is 73.0 Å². The fourth-order valence-corrected chi connectivity index (χ4v) is 7.05. The van der Waals surface area contributed by atoms with Crippen LogP contribution in [0.2, 0.25) is 0 Å². The van der Waals surface area contributed by atoms with Gasteiger partial charge in [-0.2, -0.15) is 0 Å². The first kappa shape index (κ1) is 30.3. The van der Waals surface area contributed by atoms with Crippen LogP contribution in [0.25, 0.3) is 65.9 Å². The van der Waals surface area contributed by atoms with Gasteiger partial charge in [-0.15, -0.1) is 0 Å². The highest BCUT2D eigenvalue weighted by Crippen LogP contribution is 2.39. The van der Waals surface area contributed by atoms with E-state index >= 15 is 0 Å². The van der Waals surface area contributed by atoms with Gasteiger partial charge < -0.3 is 19.4 Å². The fourth-order valence-electron chi connectivity index (χ4n) is 7.05. The zero-order valence-corrected chi connectivity index (χ0v) is 27.6. The van der Waals surface area contributed by atoms with E-state index in [4.69, 9.17) is 19.4 Å². The van der Waals surface area contributed by atoms with Crippen LogP contribution in [0.5, 0.6) is 0 Å². The molecule has 8 bridgehead atoms. The van der Waals surface area contributed by atoms with Gasteiger partial charge in [-0.25, -0.2) is 9.97 Å². The fraction of sp³-hybridized carbons (Fsp3) is 0.289. The maximum Gasteiger partial charge on any atom is 0.305 e. The number of aromatic nitrogens is 5.